The average Bonchev–Trinajstić information content (AvgIpc) is 3.61. The van der Waals surface area contributed by atoms with E-state index < -0.39 is 34.7 Å². The van der Waals surface area contributed by atoms with Crippen molar-refractivity contribution in [1.29, 1.82) is 0 Å². The van der Waals surface area contributed by atoms with E-state index in [1.54, 1.807) is 28.4 Å². The molecular formula is C45H64O5. The Hall–Kier alpha value is -1.27. The summed E-state index contributed by atoms with van der Waals surface area (Å²) >= 11 is 0. The zero-order valence-electron chi connectivity index (χ0n) is 31.3. The van der Waals surface area contributed by atoms with Gasteiger partial charge in [-0.25, -0.2) is 0 Å². The maximum Gasteiger partial charge on any atom is 0.159 e. The highest BCUT2D eigenvalue weighted by atomic mass is 16.3. The van der Waals surface area contributed by atoms with Crippen LogP contribution in [-0.4, -0.2) is 50.1 Å². The van der Waals surface area contributed by atoms with Gasteiger partial charge in [-0.15, -0.1) is 0 Å². The van der Waals surface area contributed by atoms with Crippen molar-refractivity contribution >= 4 is 5.78 Å². The summed E-state index contributed by atoms with van der Waals surface area (Å²) in [6, 6.07) is 0. The molecule has 5 nitrogen and oxygen atoms in total. The highest BCUT2D eigenvalue weighted by molar-refractivity contribution is 5.95. The molecule has 274 valence electrons. The van der Waals surface area contributed by atoms with Crippen molar-refractivity contribution in [2.75, 3.05) is 0 Å². The van der Waals surface area contributed by atoms with E-state index in [1.165, 1.54) is 64.2 Å². The second kappa shape index (κ2) is 10.9. The van der Waals surface area contributed by atoms with Crippen molar-refractivity contribution in [3.63, 3.8) is 0 Å². The quantitative estimate of drug-likeness (QED) is 0.222. The fourth-order valence-electron chi connectivity index (χ4n) is 17.0. The van der Waals surface area contributed by atoms with Crippen LogP contribution in [0.1, 0.15) is 137 Å². The van der Waals surface area contributed by atoms with Crippen molar-refractivity contribution in [2.24, 2.45) is 75.4 Å². The van der Waals surface area contributed by atoms with Crippen LogP contribution in [0.25, 0.3) is 0 Å². The lowest BCUT2D eigenvalue weighted by molar-refractivity contribution is -0.156. The molecule has 0 aromatic rings. The van der Waals surface area contributed by atoms with Crippen molar-refractivity contribution in [2.45, 2.75) is 161 Å². The summed E-state index contributed by atoms with van der Waals surface area (Å²) in [4.78, 5) is 13.8. The molecule has 5 heteroatoms. The van der Waals surface area contributed by atoms with Crippen molar-refractivity contribution < 1.29 is 25.2 Å². The first kappa shape index (κ1) is 33.3. The summed E-state index contributed by atoms with van der Waals surface area (Å²) in [5.41, 5.74) is 6.38. The van der Waals surface area contributed by atoms with Gasteiger partial charge in [0.15, 0.2) is 5.78 Å². The van der Waals surface area contributed by atoms with Crippen LogP contribution < -0.4 is 0 Å². The number of carbonyl (C=O) groups excluding carboxylic acids is 1. The number of allylic oxidation sites excluding steroid dienone is 3. The third kappa shape index (κ3) is 4.03. The minimum absolute atomic E-state index is 0.0271. The number of ketones is 1. The molecule has 0 saturated heterocycles. The Morgan fingerprint density at radius 2 is 1.66 bits per heavy atom. The topological polar surface area (TPSA) is 98.0 Å². The molecular weight excluding hydrogens is 620 g/mol. The molecule has 0 aliphatic heterocycles. The molecule has 10 aliphatic carbocycles. The second-order valence-corrected chi connectivity index (χ2v) is 20.8. The lowest BCUT2D eigenvalue weighted by Gasteiger charge is -2.62. The summed E-state index contributed by atoms with van der Waals surface area (Å²) in [6.07, 6.45) is 18.3. The van der Waals surface area contributed by atoms with Crippen LogP contribution in [0, 0.1) is 75.4 Å². The van der Waals surface area contributed by atoms with Crippen LogP contribution >= 0.6 is 0 Å². The maximum absolute atomic E-state index is 13.8. The first-order valence-electron chi connectivity index (χ1n) is 21.3. The third-order valence-electron chi connectivity index (χ3n) is 18.9. The minimum Gasteiger partial charge on any atom is -0.392 e. The van der Waals surface area contributed by atoms with Crippen molar-refractivity contribution in [3.05, 3.63) is 33.9 Å². The molecule has 4 N–H and O–H groups in total. The zero-order valence-corrected chi connectivity index (χ0v) is 31.3. The molecule has 0 aromatic heterocycles. The Morgan fingerprint density at radius 1 is 0.840 bits per heavy atom. The van der Waals surface area contributed by atoms with Gasteiger partial charge in [0, 0.05) is 23.2 Å². The van der Waals surface area contributed by atoms with E-state index >= 15 is 0 Å². The number of carbonyl (C=O) groups is 1. The Balaban J connectivity index is 1.03. The first-order chi connectivity index (χ1) is 23.8. The maximum atomic E-state index is 13.8. The molecule has 0 radical (unpaired) electrons. The van der Waals surface area contributed by atoms with Gasteiger partial charge in [0.1, 0.15) is 0 Å². The summed E-state index contributed by atoms with van der Waals surface area (Å²) in [5.74, 6) is 3.59. The fraction of sp³-hybridized carbons (Fsp3) is 0.844. The van der Waals surface area contributed by atoms with E-state index in [1.807, 2.05) is 0 Å². The zero-order chi connectivity index (χ0) is 34.7. The average molecular weight is 685 g/mol. The van der Waals surface area contributed by atoms with Crippen LogP contribution in [0.4, 0.5) is 0 Å². The van der Waals surface area contributed by atoms with Crippen LogP contribution in [0.5, 0.6) is 0 Å². The van der Waals surface area contributed by atoms with E-state index in [2.05, 4.69) is 27.7 Å². The van der Waals surface area contributed by atoms with Crippen molar-refractivity contribution in [3.8, 4) is 0 Å². The molecule has 0 amide bonds. The molecule has 7 fully saturated rings. The van der Waals surface area contributed by atoms with Crippen LogP contribution in [0.2, 0.25) is 0 Å². The van der Waals surface area contributed by atoms with Gasteiger partial charge in [0.05, 0.1) is 23.9 Å². The van der Waals surface area contributed by atoms with Gasteiger partial charge >= 0.3 is 0 Å². The smallest absolute Gasteiger partial charge is 0.159 e. The number of aliphatic hydroxyl groups is 4. The number of hydrogen-bond acceptors (Lipinski definition) is 5. The summed E-state index contributed by atoms with van der Waals surface area (Å²) in [7, 11) is 0. The SMILES string of the molecule is CC(C)C1=C2CC3CCC4CCCC4(C3)C2C2=C3C(CCC2)CC(C2CCC4(O)C5=CC(=O)C6CC(O)C(O)CC6(C)C5CCC24C)C(O)C13. The fourth-order valence-corrected chi connectivity index (χ4v) is 17.0. The Bertz CT molecular complexity index is 1590. The van der Waals surface area contributed by atoms with Crippen LogP contribution in [0.3, 0.4) is 0 Å². The Kier molecular flexibility index (Phi) is 7.27. The van der Waals surface area contributed by atoms with E-state index in [4.69, 9.17) is 0 Å². The van der Waals surface area contributed by atoms with Gasteiger partial charge in [-0.3, -0.25) is 4.79 Å². The monoisotopic (exact) mass is 684 g/mol. The van der Waals surface area contributed by atoms with Gasteiger partial charge in [0.2, 0.25) is 0 Å². The van der Waals surface area contributed by atoms with Gasteiger partial charge < -0.3 is 20.4 Å². The molecule has 16 unspecified atom stereocenters. The lowest BCUT2D eigenvalue weighted by Crippen LogP contribution is -2.61. The molecule has 2 bridgehead atoms. The predicted octanol–water partition coefficient (Wildman–Crippen LogP) is 7.86. The normalized spacial score (nSPS) is 55.1. The lowest BCUT2D eigenvalue weighted by atomic mass is 9.43. The van der Waals surface area contributed by atoms with Gasteiger partial charge in [-0.05, 0) is 167 Å². The highest BCUT2D eigenvalue weighted by Crippen LogP contribution is 2.73. The number of aliphatic hydroxyl groups excluding tert-OH is 3. The van der Waals surface area contributed by atoms with E-state index in [0.717, 1.165) is 43.1 Å². The number of rotatable bonds is 2. The molecule has 10 aliphatic rings. The number of hydrogen-bond donors (Lipinski definition) is 4. The summed E-state index contributed by atoms with van der Waals surface area (Å²) in [5, 5.41) is 47.4. The van der Waals surface area contributed by atoms with Crippen molar-refractivity contribution in [1.82, 2.24) is 0 Å². The predicted molar refractivity (Wildman–Crippen MR) is 193 cm³/mol. The van der Waals surface area contributed by atoms with E-state index in [-0.39, 0.29) is 35.4 Å². The van der Waals surface area contributed by atoms with Crippen LogP contribution in [0.15, 0.2) is 33.9 Å². The van der Waals surface area contributed by atoms with E-state index in [9.17, 15) is 25.2 Å². The molecule has 0 heterocycles. The van der Waals surface area contributed by atoms with Gasteiger partial charge in [0.25, 0.3) is 0 Å². The largest absolute Gasteiger partial charge is 0.392 e. The number of fused-ring (bicyclic) bond motifs is 8. The molecule has 7 saturated carbocycles. The van der Waals surface area contributed by atoms with Crippen LogP contribution in [-0.2, 0) is 4.79 Å². The molecule has 16 atom stereocenters. The third-order valence-corrected chi connectivity index (χ3v) is 18.9. The van der Waals surface area contributed by atoms with E-state index in [0.29, 0.717) is 42.4 Å². The molecule has 0 aromatic carbocycles. The summed E-state index contributed by atoms with van der Waals surface area (Å²) < 4.78 is 0. The second-order valence-electron chi connectivity index (χ2n) is 20.8. The first-order valence-corrected chi connectivity index (χ1v) is 21.3. The molecule has 50 heavy (non-hydrogen) atoms. The Labute approximate surface area is 300 Å². The van der Waals surface area contributed by atoms with Gasteiger partial charge in [-0.2, -0.15) is 0 Å². The molecule has 1 spiro atoms. The highest BCUT2D eigenvalue weighted by Gasteiger charge is 2.69. The molecule has 10 rings (SSSR count). The van der Waals surface area contributed by atoms with Gasteiger partial charge in [-0.1, -0.05) is 56.4 Å². The Morgan fingerprint density at radius 3 is 2.46 bits per heavy atom. The minimum atomic E-state index is -1.08. The summed E-state index contributed by atoms with van der Waals surface area (Å²) in [6.45, 7) is 9.30. The standard InChI is InChI=1S/C45H64O5/c1-23(2)37-29-17-24-10-11-26-8-6-14-44(26,21-24)40(29)27-9-5-7-25-18-28(41(49)39(37)38(25)27)30-13-16-45(50)32-19-34(46)33-20-35(47)36(48)22-42(33,3)31(32)12-15-43(30,45)4/h19,23-26,28,30-31,33,35-36,39-41,47-50H,5-18,20-22H2,1-4H3.